The van der Waals surface area contributed by atoms with Crippen molar-refractivity contribution in [3.63, 3.8) is 0 Å². The largest absolute Gasteiger partial charge is 0.465 e. The summed E-state index contributed by atoms with van der Waals surface area (Å²) in [5, 5.41) is 4.09. The Hall–Kier alpha value is -2.18. The van der Waals surface area contributed by atoms with E-state index in [1.54, 1.807) is 13.8 Å². The van der Waals surface area contributed by atoms with Crippen LogP contribution >= 0.6 is 0 Å². The fourth-order valence-corrected chi connectivity index (χ4v) is 2.31. The number of nitrogens with zero attached hydrogens (tertiary/aromatic N) is 2. The van der Waals surface area contributed by atoms with Gasteiger partial charge < -0.3 is 9.47 Å². The first kappa shape index (κ1) is 15.2. The number of rotatable bonds is 4. The fourth-order valence-electron chi connectivity index (χ4n) is 2.31. The van der Waals surface area contributed by atoms with Crippen molar-refractivity contribution in [1.82, 2.24) is 9.78 Å². The normalized spacial score (nSPS) is 17.8. The summed E-state index contributed by atoms with van der Waals surface area (Å²) >= 11 is 0. The highest BCUT2D eigenvalue weighted by Gasteiger charge is 2.34. The highest BCUT2D eigenvalue weighted by atomic mass is 16.5. The Balaban J connectivity index is 2.27. The zero-order valence-electron chi connectivity index (χ0n) is 12.1. The van der Waals surface area contributed by atoms with E-state index in [1.165, 1.54) is 10.7 Å². The molecule has 0 spiro atoms. The number of hydrogen-bond acceptors (Lipinski definition) is 6. The van der Waals surface area contributed by atoms with E-state index < -0.39 is 17.9 Å². The van der Waals surface area contributed by atoms with Gasteiger partial charge in [0.1, 0.15) is 11.6 Å². The quantitative estimate of drug-likeness (QED) is 0.613. The van der Waals surface area contributed by atoms with E-state index in [-0.39, 0.29) is 30.4 Å². The molecule has 1 unspecified atom stereocenters. The van der Waals surface area contributed by atoms with E-state index in [4.69, 9.17) is 9.47 Å². The first-order valence-corrected chi connectivity index (χ1v) is 7.04. The molecule has 1 aromatic heterocycles. The van der Waals surface area contributed by atoms with Crippen LogP contribution in [0.4, 0.5) is 0 Å². The van der Waals surface area contributed by atoms with Gasteiger partial charge in [0, 0.05) is 12.6 Å². The van der Waals surface area contributed by atoms with Gasteiger partial charge in [0.05, 0.1) is 13.2 Å². The van der Waals surface area contributed by atoms with Crippen molar-refractivity contribution < 1.29 is 23.9 Å². The van der Waals surface area contributed by atoms with Gasteiger partial charge in [-0.2, -0.15) is 5.10 Å². The molecule has 21 heavy (non-hydrogen) atoms. The third-order valence-corrected chi connectivity index (χ3v) is 3.27. The maximum atomic E-state index is 12.4. The molecule has 0 aliphatic carbocycles. The molecular weight excluding hydrogens is 276 g/mol. The van der Waals surface area contributed by atoms with Crippen molar-refractivity contribution >= 4 is 17.7 Å². The number of carbonyl (C=O) groups excluding carboxylic acids is 3. The van der Waals surface area contributed by atoms with Crippen LogP contribution in [0.5, 0.6) is 0 Å². The minimum atomic E-state index is -0.821. The standard InChI is InChI=1S/C14H18N2O5/c1-3-20-13(18)9-6-5-7-16-11(12(9)17)8-10(15-16)14(19)21-4-2/h8-9H,3-7H2,1-2H3. The van der Waals surface area contributed by atoms with Crippen LogP contribution in [0.3, 0.4) is 0 Å². The van der Waals surface area contributed by atoms with Gasteiger partial charge in [0.2, 0.25) is 0 Å². The maximum absolute atomic E-state index is 12.4. The number of Topliss-reactive ketones (excluding diaryl/α,β-unsaturated/α-hetero) is 1. The number of fused-ring (bicyclic) bond motifs is 1. The van der Waals surface area contributed by atoms with E-state index in [0.717, 1.165) is 0 Å². The summed E-state index contributed by atoms with van der Waals surface area (Å²) in [7, 11) is 0. The van der Waals surface area contributed by atoms with Crippen LogP contribution in [-0.4, -0.2) is 40.7 Å². The second kappa shape index (κ2) is 6.51. The summed E-state index contributed by atoms with van der Waals surface area (Å²) in [6, 6.07) is 1.39. The predicted molar refractivity (Wildman–Crippen MR) is 71.9 cm³/mol. The minimum Gasteiger partial charge on any atom is -0.465 e. The van der Waals surface area contributed by atoms with E-state index in [9.17, 15) is 14.4 Å². The van der Waals surface area contributed by atoms with Crippen LogP contribution in [0.25, 0.3) is 0 Å². The number of esters is 2. The van der Waals surface area contributed by atoms with Gasteiger partial charge in [0.25, 0.3) is 0 Å². The van der Waals surface area contributed by atoms with Gasteiger partial charge in [-0.25, -0.2) is 4.79 Å². The molecule has 1 aromatic rings. The third kappa shape index (κ3) is 3.12. The van der Waals surface area contributed by atoms with Crippen molar-refractivity contribution in [1.29, 1.82) is 0 Å². The minimum absolute atomic E-state index is 0.0877. The number of carbonyl (C=O) groups is 3. The average Bonchev–Trinajstić information content (AvgIpc) is 2.81. The number of hydrogen-bond donors (Lipinski definition) is 0. The molecule has 7 nitrogen and oxygen atoms in total. The second-order valence-corrected chi connectivity index (χ2v) is 4.67. The molecule has 0 radical (unpaired) electrons. The van der Waals surface area contributed by atoms with E-state index >= 15 is 0 Å². The Labute approximate surface area is 122 Å². The lowest BCUT2D eigenvalue weighted by atomic mass is 9.97. The van der Waals surface area contributed by atoms with Crippen molar-refractivity contribution in [2.75, 3.05) is 13.2 Å². The van der Waals surface area contributed by atoms with E-state index in [0.29, 0.717) is 19.4 Å². The topological polar surface area (TPSA) is 87.5 Å². The molecule has 0 amide bonds. The van der Waals surface area contributed by atoms with E-state index in [1.807, 2.05) is 0 Å². The Morgan fingerprint density at radius 1 is 1.33 bits per heavy atom. The number of ether oxygens (including phenoxy) is 2. The zero-order chi connectivity index (χ0) is 15.4. The lowest BCUT2D eigenvalue weighted by Crippen LogP contribution is -2.26. The summed E-state index contributed by atoms with van der Waals surface area (Å²) in [6.07, 6.45) is 1.04. The van der Waals surface area contributed by atoms with Crippen molar-refractivity contribution in [3.05, 3.63) is 17.5 Å². The molecule has 1 aliphatic heterocycles. The molecule has 0 aromatic carbocycles. The number of aromatic nitrogens is 2. The first-order valence-electron chi connectivity index (χ1n) is 7.04. The van der Waals surface area contributed by atoms with Gasteiger partial charge >= 0.3 is 11.9 Å². The highest BCUT2D eigenvalue weighted by molar-refractivity contribution is 6.08. The molecule has 0 N–H and O–H groups in total. The molecule has 0 saturated heterocycles. The summed E-state index contributed by atoms with van der Waals surface area (Å²) in [6.45, 7) is 4.34. The summed E-state index contributed by atoms with van der Waals surface area (Å²) in [5.41, 5.74) is 0.346. The molecule has 114 valence electrons. The summed E-state index contributed by atoms with van der Waals surface area (Å²) < 4.78 is 11.3. The summed E-state index contributed by atoms with van der Waals surface area (Å²) in [4.78, 5) is 36.0. The molecule has 2 heterocycles. The molecule has 0 bridgehead atoms. The lowest BCUT2D eigenvalue weighted by molar-refractivity contribution is -0.146. The second-order valence-electron chi connectivity index (χ2n) is 4.67. The van der Waals surface area contributed by atoms with Crippen LogP contribution < -0.4 is 0 Å². The molecule has 7 heteroatoms. The van der Waals surface area contributed by atoms with Crippen LogP contribution in [0, 0.1) is 5.92 Å². The Morgan fingerprint density at radius 3 is 2.71 bits per heavy atom. The molecule has 1 atom stereocenters. The number of aryl methyl sites for hydroxylation is 1. The molecule has 1 aliphatic rings. The van der Waals surface area contributed by atoms with Gasteiger partial charge in [-0.1, -0.05) is 0 Å². The lowest BCUT2D eigenvalue weighted by Gasteiger charge is -2.10. The monoisotopic (exact) mass is 294 g/mol. The summed E-state index contributed by atoms with van der Waals surface area (Å²) in [5.74, 6) is -2.26. The van der Waals surface area contributed by atoms with Gasteiger partial charge in [-0.05, 0) is 26.7 Å². The maximum Gasteiger partial charge on any atom is 0.358 e. The predicted octanol–water partition coefficient (Wildman–Crippen LogP) is 1.22. The third-order valence-electron chi connectivity index (χ3n) is 3.27. The Morgan fingerprint density at radius 2 is 2.05 bits per heavy atom. The molecule has 0 fully saturated rings. The van der Waals surface area contributed by atoms with Gasteiger partial charge in [0.15, 0.2) is 11.5 Å². The number of ketones is 1. The average molecular weight is 294 g/mol. The molecule has 2 rings (SSSR count). The van der Waals surface area contributed by atoms with Crippen molar-refractivity contribution in [2.45, 2.75) is 33.2 Å². The molecule has 0 saturated carbocycles. The van der Waals surface area contributed by atoms with Crippen LogP contribution in [0.2, 0.25) is 0 Å². The van der Waals surface area contributed by atoms with E-state index in [2.05, 4.69) is 5.10 Å². The van der Waals surface area contributed by atoms with Crippen molar-refractivity contribution in [2.24, 2.45) is 5.92 Å². The van der Waals surface area contributed by atoms with Gasteiger partial charge in [-0.15, -0.1) is 0 Å². The fraction of sp³-hybridized carbons (Fsp3) is 0.571. The van der Waals surface area contributed by atoms with Crippen LogP contribution in [0.15, 0.2) is 6.07 Å². The van der Waals surface area contributed by atoms with Crippen LogP contribution in [0.1, 0.15) is 47.7 Å². The zero-order valence-corrected chi connectivity index (χ0v) is 12.1. The van der Waals surface area contributed by atoms with Crippen molar-refractivity contribution in [3.8, 4) is 0 Å². The SMILES string of the molecule is CCOC(=O)c1cc2n(n1)CCCC(C(=O)OCC)C2=O. The van der Waals surface area contributed by atoms with Crippen LogP contribution in [-0.2, 0) is 20.8 Å². The first-order chi connectivity index (χ1) is 10.1. The Kier molecular flexibility index (Phi) is 4.72. The van der Waals surface area contributed by atoms with Gasteiger partial charge in [-0.3, -0.25) is 14.3 Å². The highest BCUT2D eigenvalue weighted by Crippen LogP contribution is 2.22. The Bertz CT molecular complexity index is 564. The smallest absolute Gasteiger partial charge is 0.358 e. The molecular formula is C14H18N2O5.